The maximum Gasteiger partial charge on any atom is 0.405 e. The average Bonchev–Trinajstić information content (AvgIpc) is 2.85. The van der Waals surface area contributed by atoms with Gasteiger partial charge in [-0.2, -0.15) is 13.2 Å². The fourth-order valence-corrected chi connectivity index (χ4v) is 3.06. The molecule has 2 rings (SSSR count). The summed E-state index contributed by atoms with van der Waals surface area (Å²) in [7, 11) is 0. The highest BCUT2D eigenvalue weighted by Gasteiger charge is 2.45. The third-order valence-corrected chi connectivity index (χ3v) is 4.51. The fraction of sp³-hybridized carbons (Fsp3) is 0.533. The fourth-order valence-electron chi connectivity index (χ4n) is 2.58. The average molecular weight is 379 g/mol. The third kappa shape index (κ3) is 4.71. The summed E-state index contributed by atoms with van der Waals surface area (Å²) in [5.41, 5.74) is 3.39. The molecule has 1 fully saturated rings. The Kier molecular flexibility index (Phi) is 5.86. The van der Waals surface area contributed by atoms with Gasteiger partial charge in [0.2, 0.25) is 5.91 Å². The van der Waals surface area contributed by atoms with Crippen LogP contribution in [0.2, 0.25) is 0 Å². The molecule has 122 valence electrons. The van der Waals surface area contributed by atoms with Crippen molar-refractivity contribution in [3.63, 3.8) is 0 Å². The first kappa shape index (κ1) is 17.3. The van der Waals surface area contributed by atoms with Crippen LogP contribution in [0.1, 0.15) is 31.2 Å². The SMILES string of the molecule is O=C1CCN(C(CCCCc2ccccc2Br)C(F)(F)F)N1. The Labute approximate surface area is 136 Å². The van der Waals surface area contributed by atoms with Crippen LogP contribution < -0.4 is 5.43 Å². The van der Waals surface area contributed by atoms with Crippen LogP contribution in [0.15, 0.2) is 28.7 Å². The topological polar surface area (TPSA) is 32.3 Å². The van der Waals surface area contributed by atoms with Gasteiger partial charge in [-0.1, -0.05) is 40.5 Å². The van der Waals surface area contributed by atoms with E-state index in [-0.39, 0.29) is 25.3 Å². The van der Waals surface area contributed by atoms with E-state index in [0.29, 0.717) is 12.8 Å². The molecule has 1 aromatic carbocycles. The first-order chi connectivity index (χ1) is 10.4. The molecule has 0 aromatic heterocycles. The lowest BCUT2D eigenvalue weighted by Gasteiger charge is -2.28. The monoisotopic (exact) mass is 378 g/mol. The van der Waals surface area contributed by atoms with E-state index in [1.807, 2.05) is 24.3 Å². The van der Waals surface area contributed by atoms with Crippen molar-refractivity contribution in [2.24, 2.45) is 0 Å². The van der Waals surface area contributed by atoms with Crippen molar-refractivity contribution in [3.8, 4) is 0 Å². The van der Waals surface area contributed by atoms with Gasteiger partial charge in [-0.05, 0) is 30.9 Å². The van der Waals surface area contributed by atoms with E-state index < -0.39 is 12.2 Å². The summed E-state index contributed by atoms with van der Waals surface area (Å²) in [4.78, 5) is 11.1. The van der Waals surface area contributed by atoms with Crippen LogP contribution in [0.25, 0.3) is 0 Å². The van der Waals surface area contributed by atoms with E-state index in [1.54, 1.807) is 0 Å². The van der Waals surface area contributed by atoms with E-state index in [1.165, 1.54) is 0 Å². The van der Waals surface area contributed by atoms with Gasteiger partial charge in [0, 0.05) is 17.4 Å². The van der Waals surface area contributed by atoms with Crippen molar-refractivity contribution in [2.45, 2.75) is 44.3 Å². The number of amides is 1. The predicted molar refractivity (Wildman–Crippen MR) is 81.0 cm³/mol. The Balaban J connectivity index is 1.84. The highest BCUT2D eigenvalue weighted by Crippen LogP contribution is 2.29. The molecule has 1 aliphatic rings. The van der Waals surface area contributed by atoms with Crippen molar-refractivity contribution < 1.29 is 18.0 Å². The van der Waals surface area contributed by atoms with Crippen LogP contribution >= 0.6 is 15.9 Å². The van der Waals surface area contributed by atoms with Gasteiger partial charge in [-0.3, -0.25) is 10.2 Å². The number of hydrogen-bond acceptors (Lipinski definition) is 2. The lowest BCUT2D eigenvalue weighted by molar-refractivity contribution is -0.190. The summed E-state index contributed by atoms with van der Waals surface area (Å²) in [6.07, 6.45) is -2.34. The molecule has 0 bridgehead atoms. The third-order valence-electron chi connectivity index (χ3n) is 3.73. The number of aryl methyl sites for hydroxylation is 1. The summed E-state index contributed by atoms with van der Waals surface area (Å²) in [5.74, 6) is -0.345. The Morgan fingerprint density at radius 3 is 2.59 bits per heavy atom. The quantitative estimate of drug-likeness (QED) is 0.762. The van der Waals surface area contributed by atoms with E-state index in [2.05, 4.69) is 21.4 Å². The van der Waals surface area contributed by atoms with Crippen LogP contribution in [0.3, 0.4) is 0 Å². The first-order valence-corrected chi connectivity index (χ1v) is 8.03. The molecule has 1 N–H and O–H groups in total. The summed E-state index contributed by atoms with van der Waals surface area (Å²) in [6.45, 7) is 0.118. The Bertz CT molecular complexity index is 522. The molecule has 0 saturated carbocycles. The highest BCUT2D eigenvalue weighted by atomic mass is 79.9. The van der Waals surface area contributed by atoms with Crippen LogP contribution in [0, 0.1) is 0 Å². The normalized spacial score (nSPS) is 17.5. The van der Waals surface area contributed by atoms with Crippen molar-refractivity contribution in [1.29, 1.82) is 0 Å². The molecule has 1 amide bonds. The van der Waals surface area contributed by atoms with Crippen LogP contribution in [0.5, 0.6) is 0 Å². The standard InChI is InChI=1S/C15H18BrF3N2O/c16-12-7-3-1-5-11(12)6-2-4-8-13(15(17,18)19)21-10-9-14(22)20-21/h1,3,5,7,13H,2,4,6,8-10H2,(H,20,22). The minimum atomic E-state index is -4.33. The molecule has 3 nitrogen and oxygen atoms in total. The molecule has 22 heavy (non-hydrogen) atoms. The number of halogens is 4. The molecular formula is C15H18BrF3N2O. The molecule has 1 aromatic rings. The zero-order valence-corrected chi connectivity index (χ0v) is 13.6. The van der Waals surface area contributed by atoms with Gasteiger partial charge < -0.3 is 0 Å². The second kappa shape index (κ2) is 7.46. The Morgan fingerprint density at radius 1 is 1.27 bits per heavy atom. The number of unbranched alkanes of at least 4 members (excludes halogenated alkanes) is 1. The Hall–Kier alpha value is -1.08. The molecule has 0 radical (unpaired) electrons. The minimum Gasteiger partial charge on any atom is -0.288 e. The largest absolute Gasteiger partial charge is 0.405 e. The smallest absolute Gasteiger partial charge is 0.288 e. The summed E-state index contributed by atoms with van der Waals surface area (Å²) in [5, 5.41) is 1.03. The predicted octanol–water partition coefficient (Wildman–Crippen LogP) is 3.83. The second-order valence-electron chi connectivity index (χ2n) is 5.37. The first-order valence-electron chi connectivity index (χ1n) is 7.24. The van der Waals surface area contributed by atoms with Crippen molar-refractivity contribution in [3.05, 3.63) is 34.3 Å². The number of hydrazine groups is 1. The van der Waals surface area contributed by atoms with Crippen molar-refractivity contribution >= 4 is 21.8 Å². The van der Waals surface area contributed by atoms with E-state index >= 15 is 0 Å². The van der Waals surface area contributed by atoms with Crippen LogP contribution in [-0.4, -0.2) is 29.7 Å². The molecule has 7 heteroatoms. The number of carbonyl (C=O) groups is 1. The van der Waals surface area contributed by atoms with Crippen molar-refractivity contribution in [2.75, 3.05) is 6.54 Å². The van der Waals surface area contributed by atoms with Gasteiger partial charge in [0.15, 0.2) is 0 Å². The van der Waals surface area contributed by atoms with Crippen LogP contribution in [0.4, 0.5) is 13.2 Å². The number of nitrogens with zero attached hydrogens (tertiary/aromatic N) is 1. The molecule has 0 aliphatic carbocycles. The molecule has 1 saturated heterocycles. The number of nitrogens with one attached hydrogen (secondary N) is 1. The van der Waals surface area contributed by atoms with Gasteiger partial charge in [-0.25, -0.2) is 5.01 Å². The molecular weight excluding hydrogens is 361 g/mol. The minimum absolute atomic E-state index is 0.00572. The van der Waals surface area contributed by atoms with Gasteiger partial charge in [0.05, 0.1) is 0 Å². The summed E-state index contributed by atoms with van der Waals surface area (Å²) in [6, 6.07) is 6.11. The molecule has 0 spiro atoms. The van der Waals surface area contributed by atoms with E-state index in [4.69, 9.17) is 0 Å². The van der Waals surface area contributed by atoms with E-state index in [0.717, 1.165) is 21.5 Å². The van der Waals surface area contributed by atoms with Gasteiger partial charge in [0.25, 0.3) is 0 Å². The second-order valence-corrected chi connectivity index (χ2v) is 6.23. The van der Waals surface area contributed by atoms with Gasteiger partial charge in [0.1, 0.15) is 6.04 Å². The van der Waals surface area contributed by atoms with E-state index in [9.17, 15) is 18.0 Å². The number of carbonyl (C=O) groups excluding carboxylic acids is 1. The molecule has 1 aliphatic heterocycles. The maximum atomic E-state index is 13.1. The number of rotatable bonds is 6. The van der Waals surface area contributed by atoms with Gasteiger partial charge >= 0.3 is 6.18 Å². The number of alkyl halides is 3. The summed E-state index contributed by atoms with van der Waals surface area (Å²) < 4.78 is 40.3. The lowest BCUT2D eigenvalue weighted by atomic mass is 10.0. The molecule has 1 atom stereocenters. The number of benzene rings is 1. The summed E-state index contributed by atoms with van der Waals surface area (Å²) >= 11 is 3.43. The zero-order chi connectivity index (χ0) is 16.2. The lowest BCUT2D eigenvalue weighted by Crippen LogP contribution is -2.49. The highest BCUT2D eigenvalue weighted by molar-refractivity contribution is 9.10. The van der Waals surface area contributed by atoms with Gasteiger partial charge in [-0.15, -0.1) is 0 Å². The molecule has 1 unspecified atom stereocenters. The maximum absolute atomic E-state index is 13.1. The Morgan fingerprint density at radius 2 is 2.00 bits per heavy atom. The zero-order valence-electron chi connectivity index (χ0n) is 12.0. The van der Waals surface area contributed by atoms with Crippen LogP contribution in [-0.2, 0) is 11.2 Å². The molecule has 1 heterocycles. The number of hydrogen-bond donors (Lipinski definition) is 1. The van der Waals surface area contributed by atoms with Crippen molar-refractivity contribution in [1.82, 2.24) is 10.4 Å².